The maximum Gasteiger partial charge on any atom is -0.00134 e. The van der Waals surface area contributed by atoms with Crippen LogP contribution in [0.25, 0.3) is 22.3 Å². The Labute approximate surface area is 119 Å². The monoisotopic (exact) mass is 256 g/mol. The van der Waals surface area contributed by atoms with Crippen LogP contribution in [-0.2, 0) is 6.42 Å². The van der Waals surface area contributed by atoms with Crippen LogP contribution in [0, 0.1) is 6.92 Å². The zero-order valence-electron chi connectivity index (χ0n) is 11.6. The molecule has 0 radical (unpaired) electrons. The normalized spacial score (nSPS) is 12.1. The van der Waals surface area contributed by atoms with Gasteiger partial charge >= 0.3 is 0 Å². The van der Waals surface area contributed by atoms with Gasteiger partial charge in [-0.25, -0.2) is 0 Å². The van der Waals surface area contributed by atoms with Crippen molar-refractivity contribution in [3.63, 3.8) is 0 Å². The van der Waals surface area contributed by atoms with Gasteiger partial charge in [-0.2, -0.15) is 0 Å². The predicted octanol–water partition coefficient (Wildman–Crippen LogP) is 5.23. The van der Waals surface area contributed by atoms with Gasteiger partial charge in [-0.1, -0.05) is 66.2 Å². The molecule has 1 aliphatic rings. The van der Waals surface area contributed by atoms with E-state index in [-0.39, 0.29) is 0 Å². The van der Waals surface area contributed by atoms with Crippen molar-refractivity contribution in [1.82, 2.24) is 0 Å². The van der Waals surface area contributed by atoms with Crippen LogP contribution >= 0.6 is 0 Å². The van der Waals surface area contributed by atoms with Gasteiger partial charge in [-0.05, 0) is 52.8 Å². The van der Waals surface area contributed by atoms with Gasteiger partial charge in [0.1, 0.15) is 0 Å². The lowest BCUT2D eigenvalue weighted by molar-refractivity contribution is 1.26. The fourth-order valence-electron chi connectivity index (χ4n) is 3.09. The molecule has 96 valence electrons. The second-order valence-electron chi connectivity index (χ2n) is 5.58. The second-order valence-corrected chi connectivity index (χ2v) is 5.58. The molecule has 0 aromatic heterocycles. The highest BCUT2D eigenvalue weighted by Gasteiger charge is 2.18. The molecule has 0 N–H and O–H groups in total. The van der Waals surface area contributed by atoms with E-state index in [0.717, 1.165) is 6.42 Å². The fourth-order valence-corrected chi connectivity index (χ4v) is 3.09. The summed E-state index contributed by atoms with van der Waals surface area (Å²) in [6, 6.07) is 24.3. The molecule has 0 nitrogen and oxygen atoms in total. The molecular weight excluding hydrogens is 240 g/mol. The number of fused-ring (bicyclic) bond motifs is 3. The Balaban J connectivity index is 1.89. The standard InChI is InChI=1S/C20H16/c1-14-7-8-17-12-18-10-9-16(13-20(18)19(17)11-14)15-5-3-2-4-6-15/h2-11,13H,12H2,1H3. The van der Waals surface area contributed by atoms with Crippen molar-refractivity contribution in [2.75, 3.05) is 0 Å². The first-order chi connectivity index (χ1) is 9.81. The molecule has 0 saturated heterocycles. The molecule has 1 aliphatic carbocycles. The topological polar surface area (TPSA) is 0 Å². The number of hydrogen-bond acceptors (Lipinski definition) is 0. The largest absolute Gasteiger partial charge is 0.0622 e. The van der Waals surface area contributed by atoms with Crippen LogP contribution < -0.4 is 0 Å². The van der Waals surface area contributed by atoms with Crippen molar-refractivity contribution in [2.45, 2.75) is 13.3 Å². The Morgan fingerprint density at radius 3 is 2.15 bits per heavy atom. The fraction of sp³-hybridized carbons (Fsp3) is 0.100. The maximum atomic E-state index is 2.34. The van der Waals surface area contributed by atoms with Gasteiger partial charge in [0.2, 0.25) is 0 Å². The van der Waals surface area contributed by atoms with Gasteiger partial charge in [0.15, 0.2) is 0 Å². The Hall–Kier alpha value is -2.34. The summed E-state index contributed by atoms with van der Waals surface area (Å²) in [4.78, 5) is 0. The molecule has 0 unspecified atom stereocenters. The third kappa shape index (κ3) is 1.77. The second kappa shape index (κ2) is 4.35. The van der Waals surface area contributed by atoms with Crippen LogP contribution in [0.5, 0.6) is 0 Å². The minimum Gasteiger partial charge on any atom is -0.0622 e. The van der Waals surface area contributed by atoms with E-state index in [9.17, 15) is 0 Å². The van der Waals surface area contributed by atoms with Gasteiger partial charge in [0, 0.05) is 0 Å². The van der Waals surface area contributed by atoms with Crippen molar-refractivity contribution in [1.29, 1.82) is 0 Å². The van der Waals surface area contributed by atoms with Crippen LogP contribution in [0.2, 0.25) is 0 Å². The van der Waals surface area contributed by atoms with E-state index in [1.807, 2.05) is 0 Å². The zero-order chi connectivity index (χ0) is 13.5. The average Bonchev–Trinajstić information content (AvgIpc) is 2.85. The Kier molecular flexibility index (Phi) is 2.50. The summed E-state index contributed by atoms with van der Waals surface area (Å²) in [5.41, 5.74) is 9.65. The molecule has 0 heteroatoms. The minimum atomic E-state index is 1.07. The van der Waals surface area contributed by atoms with Crippen LogP contribution in [0.1, 0.15) is 16.7 Å². The highest BCUT2D eigenvalue weighted by molar-refractivity contribution is 5.81. The highest BCUT2D eigenvalue weighted by Crippen LogP contribution is 2.39. The highest BCUT2D eigenvalue weighted by atomic mass is 14.2. The molecule has 0 bridgehead atoms. The van der Waals surface area contributed by atoms with Crippen molar-refractivity contribution >= 4 is 0 Å². The van der Waals surface area contributed by atoms with Crippen LogP contribution in [-0.4, -0.2) is 0 Å². The van der Waals surface area contributed by atoms with E-state index in [1.54, 1.807) is 0 Å². The summed E-state index contributed by atoms with van der Waals surface area (Å²) in [6.45, 7) is 2.17. The van der Waals surface area contributed by atoms with Gasteiger partial charge in [0.25, 0.3) is 0 Å². The van der Waals surface area contributed by atoms with Crippen molar-refractivity contribution in [3.05, 3.63) is 83.4 Å². The molecule has 0 atom stereocenters. The number of benzene rings is 3. The smallest absolute Gasteiger partial charge is 0.00134 e. The van der Waals surface area contributed by atoms with Crippen molar-refractivity contribution in [2.24, 2.45) is 0 Å². The molecule has 20 heavy (non-hydrogen) atoms. The van der Waals surface area contributed by atoms with Crippen LogP contribution in [0.15, 0.2) is 66.7 Å². The first-order valence-electron chi connectivity index (χ1n) is 7.09. The van der Waals surface area contributed by atoms with Crippen molar-refractivity contribution < 1.29 is 0 Å². The SMILES string of the molecule is Cc1ccc2c(c1)-c1cc(-c3ccccc3)ccc1C2. The van der Waals surface area contributed by atoms with Crippen molar-refractivity contribution in [3.8, 4) is 22.3 Å². The average molecular weight is 256 g/mol. The maximum absolute atomic E-state index is 2.34. The Bertz CT molecular complexity index is 782. The molecule has 0 spiro atoms. The van der Waals surface area contributed by atoms with Crippen LogP contribution in [0.4, 0.5) is 0 Å². The molecular formula is C20H16. The molecule has 0 heterocycles. The van der Waals surface area contributed by atoms with Gasteiger partial charge in [-0.15, -0.1) is 0 Å². The lowest BCUT2D eigenvalue weighted by atomic mass is 9.98. The molecule has 3 aromatic carbocycles. The zero-order valence-corrected chi connectivity index (χ0v) is 11.6. The van der Waals surface area contributed by atoms with Crippen LogP contribution in [0.3, 0.4) is 0 Å². The number of rotatable bonds is 1. The first kappa shape index (κ1) is 11.5. The third-order valence-corrected chi connectivity index (χ3v) is 4.15. The predicted molar refractivity (Wildman–Crippen MR) is 84.9 cm³/mol. The lowest BCUT2D eigenvalue weighted by Crippen LogP contribution is -1.82. The Morgan fingerprint density at radius 2 is 1.35 bits per heavy atom. The minimum absolute atomic E-state index is 1.07. The molecule has 0 fully saturated rings. The van der Waals surface area contributed by atoms with Gasteiger partial charge < -0.3 is 0 Å². The summed E-state index contributed by atoms with van der Waals surface area (Å²) < 4.78 is 0. The molecule has 4 rings (SSSR count). The summed E-state index contributed by atoms with van der Waals surface area (Å²) >= 11 is 0. The van der Waals surface area contributed by atoms with E-state index >= 15 is 0 Å². The van der Waals surface area contributed by atoms with E-state index in [4.69, 9.17) is 0 Å². The Morgan fingerprint density at radius 1 is 0.650 bits per heavy atom. The van der Waals surface area contributed by atoms with E-state index in [2.05, 4.69) is 73.7 Å². The summed E-state index contributed by atoms with van der Waals surface area (Å²) in [6.07, 6.45) is 1.07. The number of hydrogen-bond donors (Lipinski definition) is 0. The van der Waals surface area contributed by atoms with Gasteiger partial charge in [-0.3, -0.25) is 0 Å². The number of aryl methyl sites for hydroxylation is 1. The van der Waals surface area contributed by atoms with E-state index in [0.29, 0.717) is 0 Å². The molecule has 0 saturated carbocycles. The lowest BCUT2D eigenvalue weighted by Gasteiger charge is -2.06. The molecule has 0 amide bonds. The third-order valence-electron chi connectivity index (χ3n) is 4.15. The first-order valence-corrected chi connectivity index (χ1v) is 7.09. The molecule has 3 aromatic rings. The van der Waals surface area contributed by atoms with E-state index < -0.39 is 0 Å². The summed E-state index contributed by atoms with van der Waals surface area (Å²) in [5.74, 6) is 0. The quantitative estimate of drug-likeness (QED) is 0.437. The summed E-state index contributed by atoms with van der Waals surface area (Å²) in [5, 5.41) is 0. The summed E-state index contributed by atoms with van der Waals surface area (Å²) in [7, 11) is 0. The van der Waals surface area contributed by atoms with Gasteiger partial charge in [0.05, 0.1) is 0 Å². The van der Waals surface area contributed by atoms with E-state index in [1.165, 1.54) is 38.9 Å². The molecule has 0 aliphatic heterocycles.